The number of carbonyl (C=O) groups is 1. The predicted molar refractivity (Wildman–Crippen MR) is 57.5 cm³/mol. The van der Waals surface area contributed by atoms with Gasteiger partial charge in [0.1, 0.15) is 0 Å². The maximum absolute atomic E-state index is 11.2. The number of ether oxygens (including phenoxy) is 1. The van der Waals surface area contributed by atoms with E-state index in [-0.39, 0.29) is 0 Å². The van der Waals surface area contributed by atoms with Gasteiger partial charge in [0.25, 0.3) is 0 Å². The topological polar surface area (TPSA) is 67.0 Å². The van der Waals surface area contributed by atoms with Gasteiger partial charge in [-0.05, 0) is 20.0 Å². The molecule has 1 aromatic rings. The zero-order valence-electron chi connectivity index (χ0n) is 8.91. The van der Waals surface area contributed by atoms with E-state index in [9.17, 15) is 4.79 Å². The van der Waals surface area contributed by atoms with Gasteiger partial charge in [-0.2, -0.15) is 5.10 Å². The Labute approximate surface area is 88.5 Å². The lowest BCUT2D eigenvalue weighted by atomic mass is 10.2. The zero-order valence-corrected chi connectivity index (χ0v) is 8.91. The fourth-order valence-electron chi connectivity index (χ4n) is 1.13. The van der Waals surface area contributed by atoms with E-state index in [2.05, 4.69) is 20.3 Å². The largest absolute Gasteiger partial charge is 0.464 e. The number of esters is 1. The van der Waals surface area contributed by atoms with E-state index in [0.717, 1.165) is 18.5 Å². The lowest BCUT2D eigenvalue weighted by molar-refractivity contribution is 0.0594. The Morgan fingerprint density at radius 2 is 2.53 bits per heavy atom. The minimum absolute atomic E-state index is 0.387. The molecule has 5 heteroatoms. The van der Waals surface area contributed by atoms with Gasteiger partial charge in [-0.15, -0.1) is 0 Å². The van der Waals surface area contributed by atoms with Crippen LogP contribution in [0.15, 0.2) is 12.3 Å². The summed E-state index contributed by atoms with van der Waals surface area (Å²) in [6.45, 7) is 0.905. The molecule has 0 spiro atoms. The highest BCUT2D eigenvalue weighted by molar-refractivity contribution is 5.91. The molecular formula is C10H15N3O2. The van der Waals surface area contributed by atoms with Crippen molar-refractivity contribution in [3.05, 3.63) is 23.5 Å². The number of aromatic amines is 1. The molecule has 1 aromatic heterocycles. The molecule has 0 saturated heterocycles. The van der Waals surface area contributed by atoms with Crippen molar-refractivity contribution in [1.82, 2.24) is 15.5 Å². The van der Waals surface area contributed by atoms with Crippen LogP contribution in [0.2, 0.25) is 0 Å². The Kier molecular flexibility index (Phi) is 4.56. The first kappa shape index (κ1) is 11.5. The standard InChI is InChI=1S/C10H15N3O2/c1-11-6-4-3-5-8-7-12-13-9(8)10(14)15-2/h3,5,7,11H,4,6H2,1-2H3,(H,12,13). The molecule has 0 aliphatic rings. The number of H-pyrrole nitrogens is 1. The van der Waals surface area contributed by atoms with Gasteiger partial charge in [0.05, 0.1) is 13.3 Å². The number of nitrogens with zero attached hydrogens (tertiary/aromatic N) is 1. The third kappa shape index (κ3) is 3.21. The highest BCUT2D eigenvalue weighted by Crippen LogP contribution is 2.08. The van der Waals surface area contributed by atoms with E-state index in [1.165, 1.54) is 7.11 Å². The highest BCUT2D eigenvalue weighted by Gasteiger charge is 2.11. The Hall–Kier alpha value is -1.62. The van der Waals surface area contributed by atoms with Crippen LogP contribution in [0, 0.1) is 0 Å². The lowest BCUT2D eigenvalue weighted by Crippen LogP contribution is -2.06. The molecule has 0 amide bonds. The molecule has 0 fully saturated rings. The Balaban J connectivity index is 2.65. The number of carbonyl (C=O) groups excluding carboxylic acids is 1. The van der Waals surface area contributed by atoms with Crippen molar-refractivity contribution in [2.75, 3.05) is 20.7 Å². The maximum atomic E-state index is 11.2. The maximum Gasteiger partial charge on any atom is 0.356 e. The molecule has 1 heterocycles. The van der Waals surface area contributed by atoms with E-state index >= 15 is 0 Å². The fourth-order valence-corrected chi connectivity index (χ4v) is 1.13. The molecule has 0 aliphatic heterocycles. The molecule has 82 valence electrons. The Morgan fingerprint density at radius 3 is 3.20 bits per heavy atom. The van der Waals surface area contributed by atoms with Gasteiger partial charge in [0, 0.05) is 5.56 Å². The van der Waals surface area contributed by atoms with E-state index in [1.54, 1.807) is 6.20 Å². The summed E-state index contributed by atoms with van der Waals surface area (Å²) in [5.41, 5.74) is 1.14. The second kappa shape index (κ2) is 5.98. The van der Waals surface area contributed by atoms with Crippen molar-refractivity contribution in [1.29, 1.82) is 0 Å². The molecule has 2 N–H and O–H groups in total. The van der Waals surface area contributed by atoms with Crippen molar-refractivity contribution in [2.24, 2.45) is 0 Å². The molecule has 0 aromatic carbocycles. The molecule has 0 saturated carbocycles. The summed E-state index contributed by atoms with van der Waals surface area (Å²) < 4.78 is 4.61. The van der Waals surface area contributed by atoms with Gasteiger partial charge in [-0.1, -0.05) is 12.2 Å². The Morgan fingerprint density at radius 1 is 1.73 bits per heavy atom. The summed E-state index contributed by atoms with van der Waals surface area (Å²) in [5, 5.41) is 9.43. The van der Waals surface area contributed by atoms with E-state index < -0.39 is 5.97 Å². The van der Waals surface area contributed by atoms with E-state index in [1.807, 2.05) is 19.2 Å². The number of methoxy groups -OCH3 is 1. The van der Waals surface area contributed by atoms with Gasteiger partial charge in [-0.25, -0.2) is 4.79 Å². The molecule has 0 bridgehead atoms. The normalized spacial score (nSPS) is 10.8. The van der Waals surface area contributed by atoms with Crippen LogP contribution in [0.4, 0.5) is 0 Å². The molecule has 5 nitrogen and oxygen atoms in total. The van der Waals surface area contributed by atoms with Crippen molar-refractivity contribution >= 4 is 12.0 Å². The number of rotatable bonds is 5. The van der Waals surface area contributed by atoms with Gasteiger partial charge in [0.15, 0.2) is 5.69 Å². The minimum Gasteiger partial charge on any atom is -0.464 e. The number of nitrogens with one attached hydrogen (secondary N) is 2. The first-order chi connectivity index (χ1) is 7.29. The van der Waals surface area contributed by atoms with Crippen LogP contribution in [0.1, 0.15) is 22.5 Å². The average molecular weight is 209 g/mol. The molecule has 1 rings (SSSR count). The quantitative estimate of drug-likeness (QED) is 0.556. The third-order valence-corrected chi connectivity index (χ3v) is 1.92. The summed E-state index contributed by atoms with van der Waals surface area (Å²) >= 11 is 0. The van der Waals surface area contributed by atoms with Crippen molar-refractivity contribution in [3.8, 4) is 0 Å². The molecular weight excluding hydrogens is 194 g/mol. The monoisotopic (exact) mass is 209 g/mol. The summed E-state index contributed by atoms with van der Waals surface area (Å²) in [6, 6.07) is 0. The smallest absolute Gasteiger partial charge is 0.356 e. The van der Waals surface area contributed by atoms with Crippen LogP contribution in [-0.2, 0) is 4.74 Å². The van der Waals surface area contributed by atoms with E-state index in [4.69, 9.17) is 0 Å². The number of hydrogen-bond acceptors (Lipinski definition) is 4. The number of aromatic nitrogens is 2. The average Bonchev–Trinajstić information content (AvgIpc) is 2.71. The molecule has 0 atom stereocenters. The zero-order chi connectivity index (χ0) is 11.1. The first-order valence-corrected chi connectivity index (χ1v) is 4.72. The molecule has 0 aliphatic carbocycles. The van der Waals surface area contributed by atoms with Crippen LogP contribution >= 0.6 is 0 Å². The molecule has 0 unspecified atom stereocenters. The van der Waals surface area contributed by atoms with Gasteiger partial charge >= 0.3 is 5.97 Å². The third-order valence-electron chi connectivity index (χ3n) is 1.92. The fraction of sp³-hybridized carbons (Fsp3) is 0.400. The summed E-state index contributed by atoms with van der Waals surface area (Å²) in [6.07, 6.45) is 6.34. The van der Waals surface area contributed by atoms with Crippen LogP contribution < -0.4 is 5.32 Å². The molecule has 15 heavy (non-hydrogen) atoms. The van der Waals surface area contributed by atoms with Gasteiger partial charge in [-0.3, -0.25) is 5.10 Å². The first-order valence-electron chi connectivity index (χ1n) is 4.72. The van der Waals surface area contributed by atoms with Crippen molar-refractivity contribution in [2.45, 2.75) is 6.42 Å². The minimum atomic E-state index is -0.402. The van der Waals surface area contributed by atoms with Crippen LogP contribution in [0.3, 0.4) is 0 Å². The Bertz CT molecular complexity index is 344. The van der Waals surface area contributed by atoms with E-state index in [0.29, 0.717) is 5.69 Å². The highest BCUT2D eigenvalue weighted by atomic mass is 16.5. The van der Waals surface area contributed by atoms with Crippen LogP contribution in [-0.4, -0.2) is 36.9 Å². The summed E-state index contributed by atoms with van der Waals surface area (Å²) in [5.74, 6) is -0.402. The van der Waals surface area contributed by atoms with Crippen molar-refractivity contribution in [3.63, 3.8) is 0 Å². The van der Waals surface area contributed by atoms with Crippen molar-refractivity contribution < 1.29 is 9.53 Å². The van der Waals surface area contributed by atoms with Gasteiger partial charge < -0.3 is 10.1 Å². The van der Waals surface area contributed by atoms with Crippen LogP contribution in [0.5, 0.6) is 0 Å². The lowest BCUT2D eigenvalue weighted by Gasteiger charge is -1.96. The molecule has 0 radical (unpaired) electrons. The second-order valence-corrected chi connectivity index (χ2v) is 2.99. The predicted octanol–water partition coefficient (Wildman–Crippen LogP) is 0.819. The summed E-state index contributed by atoms with van der Waals surface area (Å²) in [7, 11) is 3.24. The number of hydrogen-bond donors (Lipinski definition) is 2. The summed E-state index contributed by atoms with van der Waals surface area (Å²) in [4.78, 5) is 11.2. The SMILES string of the molecule is CNCCC=Cc1cn[nH]c1C(=O)OC. The second-order valence-electron chi connectivity index (χ2n) is 2.99. The van der Waals surface area contributed by atoms with Crippen LogP contribution in [0.25, 0.3) is 6.08 Å². The van der Waals surface area contributed by atoms with Gasteiger partial charge in [0.2, 0.25) is 0 Å².